The second-order valence-electron chi connectivity index (χ2n) is 5.49. The lowest BCUT2D eigenvalue weighted by atomic mass is 9.99. The van der Waals surface area contributed by atoms with Gasteiger partial charge in [0.05, 0.1) is 0 Å². The summed E-state index contributed by atoms with van der Waals surface area (Å²) in [5, 5.41) is 3.05. The summed E-state index contributed by atoms with van der Waals surface area (Å²) in [6, 6.07) is 9.53. The largest absolute Gasteiger partial charge is 0.481 e. The fourth-order valence-electron chi connectivity index (χ4n) is 2.29. The SMILES string of the molecule is CCCC[C@@H](CC)CNC(=O)[C@H](CC)Oc1ccccc1. The molecule has 1 amide bonds. The number of benzene rings is 1. The molecule has 3 nitrogen and oxygen atoms in total. The van der Waals surface area contributed by atoms with Crippen LogP contribution in [0.15, 0.2) is 30.3 Å². The van der Waals surface area contributed by atoms with E-state index in [1.165, 1.54) is 19.3 Å². The maximum Gasteiger partial charge on any atom is 0.261 e. The van der Waals surface area contributed by atoms with E-state index in [0.29, 0.717) is 12.3 Å². The van der Waals surface area contributed by atoms with Gasteiger partial charge >= 0.3 is 0 Å². The molecule has 0 saturated heterocycles. The average molecular weight is 291 g/mol. The van der Waals surface area contributed by atoms with E-state index in [2.05, 4.69) is 19.2 Å². The van der Waals surface area contributed by atoms with Gasteiger partial charge < -0.3 is 10.1 Å². The highest BCUT2D eigenvalue weighted by molar-refractivity contribution is 5.81. The number of hydrogen-bond acceptors (Lipinski definition) is 2. The first-order chi connectivity index (χ1) is 10.2. The summed E-state index contributed by atoms with van der Waals surface area (Å²) < 4.78 is 5.76. The molecule has 118 valence electrons. The minimum atomic E-state index is -0.406. The molecule has 0 aliphatic heterocycles. The molecule has 0 heterocycles. The first kappa shape index (κ1) is 17.5. The molecule has 1 aromatic carbocycles. The van der Waals surface area contributed by atoms with Crippen molar-refractivity contribution in [3.63, 3.8) is 0 Å². The van der Waals surface area contributed by atoms with E-state index in [1.807, 2.05) is 37.3 Å². The molecular weight excluding hydrogens is 262 g/mol. The lowest BCUT2D eigenvalue weighted by molar-refractivity contribution is -0.128. The number of hydrogen-bond donors (Lipinski definition) is 1. The normalized spacial score (nSPS) is 13.5. The standard InChI is InChI=1S/C18H29NO2/c1-4-7-11-15(5-2)14-19-18(20)17(6-3)21-16-12-9-8-10-13-16/h8-10,12-13,15,17H,4-7,11,14H2,1-3H3,(H,19,20)/t15-,17+/m1/s1. The highest BCUT2D eigenvalue weighted by Crippen LogP contribution is 2.14. The molecule has 21 heavy (non-hydrogen) atoms. The predicted octanol–water partition coefficient (Wildman–Crippen LogP) is 4.18. The van der Waals surface area contributed by atoms with Crippen LogP contribution in [-0.2, 0) is 4.79 Å². The molecule has 2 atom stereocenters. The van der Waals surface area contributed by atoms with Gasteiger partial charge in [-0.25, -0.2) is 0 Å². The van der Waals surface area contributed by atoms with E-state index in [4.69, 9.17) is 4.74 Å². The molecule has 3 heteroatoms. The molecule has 0 aliphatic rings. The molecule has 0 aromatic heterocycles. The van der Waals surface area contributed by atoms with Gasteiger partial charge in [0.1, 0.15) is 5.75 Å². The van der Waals surface area contributed by atoms with Gasteiger partial charge in [0, 0.05) is 6.54 Å². The van der Waals surface area contributed by atoms with Crippen molar-refractivity contribution in [2.75, 3.05) is 6.54 Å². The Morgan fingerprint density at radius 1 is 1.14 bits per heavy atom. The average Bonchev–Trinajstić information content (AvgIpc) is 2.53. The smallest absolute Gasteiger partial charge is 0.261 e. The molecule has 0 radical (unpaired) electrons. The van der Waals surface area contributed by atoms with Crippen LogP contribution in [0.5, 0.6) is 5.75 Å². The summed E-state index contributed by atoms with van der Waals surface area (Å²) in [7, 11) is 0. The van der Waals surface area contributed by atoms with Gasteiger partial charge in [0.25, 0.3) is 5.91 Å². The third-order valence-electron chi connectivity index (χ3n) is 3.79. The minimum Gasteiger partial charge on any atom is -0.481 e. The summed E-state index contributed by atoms with van der Waals surface area (Å²) in [6.07, 6.45) is 4.99. The number of para-hydroxylation sites is 1. The molecule has 0 fully saturated rings. The van der Waals surface area contributed by atoms with Gasteiger partial charge in [-0.05, 0) is 30.9 Å². The number of ether oxygens (including phenoxy) is 1. The minimum absolute atomic E-state index is 0.00342. The Bertz CT molecular complexity index is 391. The van der Waals surface area contributed by atoms with Crippen LogP contribution in [0.3, 0.4) is 0 Å². The fourth-order valence-corrected chi connectivity index (χ4v) is 2.29. The van der Waals surface area contributed by atoms with E-state index >= 15 is 0 Å². The van der Waals surface area contributed by atoms with E-state index in [1.54, 1.807) is 0 Å². The number of nitrogens with one attached hydrogen (secondary N) is 1. The van der Waals surface area contributed by atoms with Crippen LogP contribution in [0.1, 0.15) is 52.9 Å². The highest BCUT2D eigenvalue weighted by atomic mass is 16.5. The number of carbonyl (C=O) groups excluding carboxylic acids is 1. The van der Waals surface area contributed by atoms with Crippen molar-refractivity contribution in [1.82, 2.24) is 5.32 Å². The zero-order valence-electron chi connectivity index (χ0n) is 13.6. The van der Waals surface area contributed by atoms with Gasteiger partial charge in [-0.1, -0.05) is 58.2 Å². The lowest BCUT2D eigenvalue weighted by Crippen LogP contribution is -2.40. The Hall–Kier alpha value is -1.51. The monoisotopic (exact) mass is 291 g/mol. The molecule has 0 saturated carbocycles. The van der Waals surface area contributed by atoms with Crippen LogP contribution >= 0.6 is 0 Å². The Morgan fingerprint density at radius 2 is 1.86 bits per heavy atom. The number of unbranched alkanes of at least 4 members (excludes halogenated alkanes) is 1. The topological polar surface area (TPSA) is 38.3 Å². The summed E-state index contributed by atoms with van der Waals surface area (Å²) >= 11 is 0. The molecule has 0 spiro atoms. The summed E-state index contributed by atoms with van der Waals surface area (Å²) in [5.41, 5.74) is 0. The van der Waals surface area contributed by atoms with Crippen LogP contribution in [0.25, 0.3) is 0 Å². The zero-order valence-corrected chi connectivity index (χ0v) is 13.6. The van der Waals surface area contributed by atoms with Crippen molar-refractivity contribution in [3.8, 4) is 5.75 Å². The maximum absolute atomic E-state index is 12.2. The number of rotatable bonds is 10. The van der Waals surface area contributed by atoms with Crippen LogP contribution in [-0.4, -0.2) is 18.6 Å². The Kier molecular flexibility index (Phi) is 8.56. The number of amides is 1. The summed E-state index contributed by atoms with van der Waals surface area (Å²) in [5.74, 6) is 1.32. The fraction of sp³-hybridized carbons (Fsp3) is 0.611. The molecule has 0 aliphatic carbocycles. The van der Waals surface area contributed by atoms with Gasteiger partial charge in [-0.15, -0.1) is 0 Å². The van der Waals surface area contributed by atoms with Gasteiger partial charge in [-0.3, -0.25) is 4.79 Å². The van der Waals surface area contributed by atoms with E-state index in [-0.39, 0.29) is 5.91 Å². The van der Waals surface area contributed by atoms with Crippen LogP contribution in [0.2, 0.25) is 0 Å². The van der Waals surface area contributed by atoms with Crippen LogP contribution in [0, 0.1) is 5.92 Å². The molecule has 0 bridgehead atoms. The van der Waals surface area contributed by atoms with E-state index in [9.17, 15) is 4.79 Å². The zero-order chi connectivity index (χ0) is 15.5. The third kappa shape index (κ3) is 6.65. The molecular formula is C18H29NO2. The predicted molar refractivity (Wildman–Crippen MR) is 87.5 cm³/mol. The van der Waals surface area contributed by atoms with E-state index < -0.39 is 6.10 Å². The van der Waals surface area contributed by atoms with E-state index in [0.717, 1.165) is 18.7 Å². The second-order valence-corrected chi connectivity index (χ2v) is 5.49. The van der Waals surface area contributed by atoms with Gasteiger partial charge in [-0.2, -0.15) is 0 Å². The summed E-state index contributed by atoms with van der Waals surface area (Å²) in [6.45, 7) is 7.11. The van der Waals surface area contributed by atoms with Crippen molar-refractivity contribution in [2.24, 2.45) is 5.92 Å². The lowest BCUT2D eigenvalue weighted by Gasteiger charge is -2.20. The van der Waals surface area contributed by atoms with Crippen molar-refractivity contribution in [3.05, 3.63) is 30.3 Å². The molecule has 1 N–H and O–H groups in total. The molecule has 1 rings (SSSR count). The molecule has 1 aromatic rings. The Balaban J connectivity index is 2.43. The summed E-state index contributed by atoms with van der Waals surface area (Å²) in [4.78, 5) is 12.2. The van der Waals surface area contributed by atoms with Crippen molar-refractivity contribution >= 4 is 5.91 Å². The number of carbonyl (C=O) groups is 1. The van der Waals surface area contributed by atoms with Crippen molar-refractivity contribution in [1.29, 1.82) is 0 Å². The third-order valence-corrected chi connectivity index (χ3v) is 3.79. The highest BCUT2D eigenvalue weighted by Gasteiger charge is 2.19. The van der Waals surface area contributed by atoms with Crippen molar-refractivity contribution < 1.29 is 9.53 Å². The quantitative estimate of drug-likeness (QED) is 0.702. The maximum atomic E-state index is 12.2. The Labute approximate surface area is 129 Å². The first-order valence-corrected chi connectivity index (χ1v) is 8.20. The van der Waals surface area contributed by atoms with Crippen molar-refractivity contribution in [2.45, 2.75) is 59.0 Å². The Morgan fingerprint density at radius 3 is 2.43 bits per heavy atom. The first-order valence-electron chi connectivity index (χ1n) is 8.20. The van der Waals surface area contributed by atoms with Gasteiger partial charge in [0.15, 0.2) is 6.10 Å². The van der Waals surface area contributed by atoms with Crippen LogP contribution in [0.4, 0.5) is 0 Å². The molecule has 0 unspecified atom stereocenters. The van der Waals surface area contributed by atoms with Gasteiger partial charge in [0.2, 0.25) is 0 Å². The van der Waals surface area contributed by atoms with Crippen LogP contribution < -0.4 is 10.1 Å². The second kappa shape index (κ2) is 10.3.